The van der Waals surface area contributed by atoms with Gasteiger partial charge in [-0.3, -0.25) is 13.9 Å². The van der Waals surface area contributed by atoms with Crippen molar-refractivity contribution in [2.75, 3.05) is 38.5 Å². The number of hydrogen-bond acceptors (Lipinski definition) is 14. The number of imidazole rings is 2. The maximum atomic E-state index is 11.1. The first-order valence-corrected chi connectivity index (χ1v) is 12.8. The monoisotopic (exact) mass is 576 g/mol. The molecule has 0 bridgehead atoms. The minimum atomic E-state index is -0.211. The van der Waals surface area contributed by atoms with Gasteiger partial charge < -0.3 is 41.0 Å². The van der Waals surface area contributed by atoms with Crippen LogP contribution in [0.3, 0.4) is 0 Å². The molecule has 2 fully saturated rings. The highest BCUT2D eigenvalue weighted by molar-refractivity contribution is 5.95. The van der Waals surface area contributed by atoms with E-state index in [-0.39, 0.29) is 43.8 Å². The Bertz CT molecular complexity index is 1400. The summed E-state index contributed by atoms with van der Waals surface area (Å²) >= 11 is 0. The maximum absolute atomic E-state index is 11.1. The summed E-state index contributed by atoms with van der Waals surface area (Å²) in [5, 5.41) is 34.8. The number of amides is 1. The molecule has 0 radical (unpaired) electrons. The van der Waals surface area contributed by atoms with Crippen LogP contribution in [0, 0.1) is 0 Å². The van der Waals surface area contributed by atoms with E-state index in [1.165, 1.54) is 19.6 Å². The average Bonchev–Trinajstić information content (AvgIpc) is 3.81. The fourth-order valence-electron chi connectivity index (χ4n) is 4.45. The van der Waals surface area contributed by atoms with Crippen molar-refractivity contribution in [2.24, 2.45) is 0 Å². The second-order valence-corrected chi connectivity index (χ2v) is 8.76. The van der Waals surface area contributed by atoms with Crippen LogP contribution in [0.4, 0.5) is 11.6 Å². The number of nitrogen functional groups attached to an aromatic ring is 1. The number of fused-ring (bicyclic) bond motifs is 2. The first-order valence-electron chi connectivity index (χ1n) is 12.8. The molecule has 0 aliphatic carbocycles. The molecule has 2 aliphatic heterocycles. The number of hydrogen-bond donors (Lipinski definition) is 6. The highest BCUT2D eigenvalue weighted by atomic mass is 16.5. The molecular weight excluding hydrogens is 540 g/mol. The van der Waals surface area contributed by atoms with Crippen LogP contribution in [0.15, 0.2) is 25.3 Å². The normalized spacial score (nSPS) is 21.3. The number of rotatable bonds is 5. The number of aliphatic hydroxyl groups is 4. The van der Waals surface area contributed by atoms with Gasteiger partial charge in [0.2, 0.25) is 5.91 Å². The molecular formula is C24H36N10O7. The Balaban J connectivity index is 0.000000203. The Morgan fingerprint density at radius 2 is 1.32 bits per heavy atom. The van der Waals surface area contributed by atoms with Crippen molar-refractivity contribution in [3.63, 3.8) is 0 Å². The lowest BCUT2D eigenvalue weighted by Crippen LogP contribution is -2.14. The summed E-state index contributed by atoms with van der Waals surface area (Å²) in [6, 6.07) is 0. The van der Waals surface area contributed by atoms with E-state index in [1.807, 2.05) is 4.57 Å². The molecule has 2 saturated heterocycles. The number of carbonyl (C=O) groups is 1. The maximum Gasteiger partial charge on any atom is 0.222 e. The average molecular weight is 577 g/mol. The van der Waals surface area contributed by atoms with E-state index in [0.29, 0.717) is 34.0 Å². The van der Waals surface area contributed by atoms with Crippen molar-refractivity contribution in [1.29, 1.82) is 0 Å². The SMILES string of the molecule is CC(=O)Nc1ncnc2c1ncn2[C@H]1CC[C@@H](CO)O1.CO.CO.Nc1ncnc2c1ncn2[C@H]1CC[C@@H](CO)O1. The van der Waals surface area contributed by atoms with Crippen LogP contribution in [0.5, 0.6) is 0 Å². The number of aromatic nitrogens is 8. The van der Waals surface area contributed by atoms with Crippen LogP contribution in [0.25, 0.3) is 22.3 Å². The highest BCUT2D eigenvalue weighted by Crippen LogP contribution is 2.32. The summed E-state index contributed by atoms with van der Waals surface area (Å²) in [5.41, 5.74) is 8.10. The zero-order chi connectivity index (χ0) is 29.9. The van der Waals surface area contributed by atoms with Crippen molar-refractivity contribution in [1.82, 2.24) is 39.0 Å². The number of nitrogens with two attached hydrogens (primary N) is 1. The number of anilines is 2. The molecule has 4 aromatic rings. The fraction of sp³-hybridized carbons (Fsp3) is 0.542. The minimum absolute atomic E-state index is 0.00918. The molecule has 1 amide bonds. The van der Waals surface area contributed by atoms with Crippen molar-refractivity contribution in [3.05, 3.63) is 25.3 Å². The van der Waals surface area contributed by atoms with Crippen LogP contribution in [0.1, 0.15) is 45.1 Å². The predicted molar refractivity (Wildman–Crippen MR) is 146 cm³/mol. The lowest BCUT2D eigenvalue weighted by molar-refractivity contribution is -0.114. The quantitative estimate of drug-likeness (QED) is 0.179. The molecule has 17 nitrogen and oxygen atoms in total. The second kappa shape index (κ2) is 15.2. The third kappa shape index (κ3) is 7.26. The molecule has 0 unspecified atom stereocenters. The van der Waals surface area contributed by atoms with Gasteiger partial charge in [0, 0.05) is 21.1 Å². The van der Waals surface area contributed by atoms with Crippen LogP contribution >= 0.6 is 0 Å². The predicted octanol–water partition coefficient (Wildman–Crippen LogP) is -0.250. The Labute approximate surface area is 235 Å². The van der Waals surface area contributed by atoms with Gasteiger partial charge in [-0.2, -0.15) is 0 Å². The summed E-state index contributed by atoms with van der Waals surface area (Å²) in [4.78, 5) is 35.8. The molecule has 6 heterocycles. The van der Waals surface area contributed by atoms with E-state index >= 15 is 0 Å². The first kappa shape index (κ1) is 31.7. The van der Waals surface area contributed by atoms with Crippen LogP contribution < -0.4 is 11.1 Å². The molecule has 0 saturated carbocycles. The fourth-order valence-corrected chi connectivity index (χ4v) is 4.45. The summed E-state index contributed by atoms with van der Waals surface area (Å²) in [6.45, 7) is 1.46. The second-order valence-electron chi connectivity index (χ2n) is 8.76. The van der Waals surface area contributed by atoms with Gasteiger partial charge in [0.1, 0.15) is 30.6 Å². The molecule has 224 valence electrons. The highest BCUT2D eigenvalue weighted by Gasteiger charge is 2.28. The van der Waals surface area contributed by atoms with Gasteiger partial charge in [0.25, 0.3) is 0 Å². The van der Waals surface area contributed by atoms with Crippen molar-refractivity contribution in [3.8, 4) is 0 Å². The van der Waals surface area contributed by atoms with Gasteiger partial charge >= 0.3 is 0 Å². The summed E-state index contributed by atoms with van der Waals surface area (Å²) in [7, 11) is 2.00. The Morgan fingerprint density at radius 1 is 0.829 bits per heavy atom. The number of nitrogens with zero attached hydrogens (tertiary/aromatic N) is 8. The molecule has 2 aliphatic rings. The van der Waals surface area contributed by atoms with Gasteiger partial charge in [0.15, 0.2) is 28.4 Å². The van der Waals surface area contributed by atoms with Gasteiger partial charge in [-0.05, 0) is 25.7 Å². The Morgan fingerprint density at radius 3 is 1.80 bits per heavy atom. The van der Waals surface area contributed by atoms with E-state index in [0.717, 1.165) is 39.9 Å². The molecule has 4 aromatic heterocycles. The topological polar surface area (TPSA) is 242 Å². The van der Waals surface area contributed by atoms with Gasteiger partial charge in [-0.1, -0.05) is 0 Å². The van der Waals surface area contributed by atoms with E-state index in [2.05, 4.69) is 35.2 Å². The van der Waals surface area contributed by atoms with Crippen molar-refractivity contribution < 1.29 is 34.7 Å². The van der Waals surface area contributed by atoms with E-state index in [4.69, 9.17) is 35.6 Å². The Kier molecular flexibility index (Phi) is 11.7. The van der Waals surface area contributed by atoms with Crippen molar-refractivity contribution in [2.45, 2.75) is 57.3 Å². The van der Waals surface area contributed by atoms with E-state index in [9.17, 15) is 4.79 Å². The lowest BCUT2D eigenvalue weighted by atomic mass is 10.2. The van der Waals surface area contributed by atoms with Crippen LogP contribution in [-0.4, -0.2) is 105 Å². The summed E-state index contributed by atoms with van der Waals surface area (Å²) in [6.07, 6.45) is 8.74. The molecule has 41 heavy (non-hydrogen) atoms. The molecule has 17 heteroatoms. The largest absolute Gasteiger partial charge is 0.400 e. The van der Waals surface area contributed by atoms with Gasteiger partial charge in [-0.25, -0.2) is 29.9 Å². The van der Waals surface area contributed by atoms with E-state index in [1.54, 1.807) is 17.2 Å². The van der Waals surface area contributed by atoms with Crippen LogP contribution in [0.2, 0.25) is 0 Å². The first-order chi connectivity index (χ1) is 20.0. The third-order valence-electron chi connectivity index (χ3n) is 6.24. The van der Waals surface area contributed by atoms with Gasteiger partial charge in [0.05, 0.1) is 38.1 Å². The zero-order valence-corrected chi connectivity index (χ0v) is 23.0. The molecule has 7 N–H and O–H groups in total. The van der Waals surface area contributed by atoms with E-state index < -0.39 is 0 Å². The smallest absolute Gasteiger partial charge is 0.222 e. The third-order valence-corrected chi connectivity index (χ3v) is 6.24. The standard InChI is InChI=1S/C12H15N5O3.C10H13N5O2.2CH4O/c1-7(19)16-11-10-12(14-5-13-11)17(6-15-10)9-3-2-8(4-18)20-9;11-9-8-10(13-4-12-9)15(5-14-8)7-2-1-6(3-16)17-7;2*1-2/h5-6,8-9,18H,2-4H2,1H3,(H,13,14,16,19);4-7,16H,1-3H2,(H2,11,12,13);2*2H,1H3/t8-,9+;6-,7+;;/m00../s1. The molecule has 6 rings (SSSR count). The Hall–Kier alpha value is -3.87. The van der Waals surface area contributed by atoms with Crippen molar-refractivity contribution >= 4 is 39.9 Å². The molecule has 0 aromatic carbocycles. The van der Waals surface area contributed by atoms with Crippen LogP contribution in [-0.2, 0) is 14.3 Å². The number of carbonyl (C=O) groups excluding carboxylic acids is 1. The number of aliphatic hydroxyl groups excluding tert-OH is 4. The summed E-state index contributed by atoms with van der Waals surface area (Å²) < 4.78 is 15.0. The van der Waals surface area contributed by atoms with Gasteiger partial charge in [-0.15, -0.1) is 0 Å². The molecule has 4 atom stereocenters. The molecule has 0 spiro atoms. The number of ether oxygens (including phenoxy) is 2. The number of nitrogens with one attached hydrogen (secondary N) is 1. The minimum Gasteiger partial charge on any atom is -0.400 e. The lowest BCUT2D eigenvalue weighted by Gasteiger charge is -2.13. The zero-order valence-electron chi connectivity index (χ0n) is 23.0. The summed E-state index contributed by atoms with van der Waals surface area (Å²) in [5.74, 6) is 0.542.